The molecule has 0 saturated carbocycles. The molecule has 0 aliphatic rings. The first kappa shape index (κ1) is 19.6. The summed E-state index contributed by atoms with van der Waals surface area (Å²) in [6.45, 7) is 0.628. The van der Waals surface area contributed by atoms with Gasteiger partial charge in [-0.1, -0.05) is 42.5 Å². The maximum atomic E-state index is 13.2. The zero-order valence-electron chi connectivity index (χ0n) is 15.4. The van der Waals surface area contributed by atoms with E-state index in [1.54, 1.807) is 19.2 Å². The number of fused-ring (bicyclic) bond motifs is 1. The van der Waals surface area contributed by atoms with Gasteiger partial charge in [0.2, 0.25) is 0 Å². The Labute approximate surface area is 169 Å². The molecule has 0 unspecified atom stereocenters. The van der Waals surface area contributed by atoms with Crippen LogP contribution in [0.3, 0.4) is 0 Å². The number of hydrogen-bond donors (Lipinski definition) is 0. The molecule has 0 saturated heterocycles. The lowest BCUT2D eigenvalue weighted by atomic mass is 10.2. The number of rotatable bonds is 5. The van der Waals surface area contributed by atoms with Crippen LogP contribution in [0.5, 0.6) is 5.75 Å². The Morgan fingerprint density at radius 3 is 2.36 bits per heavy atom. The number of imidazole rings is 1. The number of nitrogens with zero attached hydrogens (tertiary/aromatic N) is 2. The van der Waals surface area contributed by atoms with Crippen LogP contribution in [-0.2, 0) is 6.54 Å². The Bertz CT molecular complexity index is 1090. The largest absolute Gasteiger partial charge is 0.497 e. The highest BCUT2D eigenvalue weighted by atomic mass is 35.5. The van der Waals surface area contributed by atoms with Gasteiger partial charge in [0.15, 0.2) is 0 Å². The van der Waals surface area contributed by atoms with Gasteiger partial charge < -0.3 is 9.30 Å². The van der Waals surface area contributed by atoms with Gasteiger partial charge in [-0.25, -0.2) is 9.37 Å². The highest BCUT2D eigenvalue weighted by molar-refractivity contribution is 5.85. The molecule has 1 aromatic heterocycles. The number of ether oxygens (including phenoxy) is 1. The summed E-state index contributed by atoms with van der Waals surface area (Å²) >= 11 is 0. The summed E-state index contributed by atoms with van der Waals surface area (Å²) in [6, 6.07) is 22.5. The molecule has 5 heteroatoms. The first-order chi connectivity index (χ1) is 13.2. The Kier molecular flexibility index (Phi) is 6.12. The van der Waals surface area contributed by atoms with Crippen LogP contribution in [0.15, 0.2) is 72.8 Å². The number of methoxy groups -OCH3 is 1. The summed E-state index contributed by atoms with van der Waals surface area (Å²) in [7, 11) is 1.66. The fourth-order valence-electron chi connectivity index (χ4n) is 3.05. The van der Waals surface area contributed by atoms with Gasteiger partial charge in [-0.15, -0.1) is 12.4 Å². The minimum absolute atomic E-state index is 0. The van der Waals surface area contributed by atoms with Crippen LogP contribution >= 0.6 is 12.4 Å². The molecule has 4 rings (SSSR count). The van der Waals surface area contributed by atoms with Crippen LogP contribution in [0.4, 0.5) is 4.39 Å². The van der Waals surface area contributed by atoms with Crippen molar-refractivity contribution >= 4 is 35.6 Å². The van der Waals surface area contributed by atoms with E-state index in [2.05, 4.69) is 10.6 Å². The van der Waals surface area contributed by atoms with E-state index in [4.69, 9.17) is 9.72 Å². The minimum atomic E-state index is -0.228. The van der Waals surface area contributed by atoms with Crippen molar-refractivity contribution in [2.75, 3.05) is 7.11 Å². The van der Waals surface area contributed by atoms with Crippen molar-refractivity contribution < 1.29 is 9.13 Å². The van der Waals surface area contributed by atoms with Gasteiger partial charge in [0.05, 0.1) is 18.1 Å². The van der Waals surface area contributed by atoms with Crippen LogP contribution in [0.1, 0.15) is 17.0 Å². The number of para-hydroxylation sites is 2. The first-order valence-corrected chi connectivity index (χ1v) is 8.75. The second-order valence-electron chi connectivity index (χ2n) is 6.28. The van der Waals surface area contributed by atoms with Crippen LogP contribution in [-0.4, -0.2) is 16.7 Å². The summed E-state index contributed by atoms with van der Waals surface area (Å²) in [5.41, 5.74) is 4.08. The summed E-state index contributed by atoms with van der Waals surface area (Å²) in [5, 5.41) is 0. The summed E-state index contributed by atoms with van der Waals surface area (Å²) < 4.78 is 20.6. The molecule has 142 valence electrons. The van der Waals surface area contributed by atoms with Crippen LogP contribution in [0, 0.1) is 5.82 Å². The molecule has 0 spiro atoms. The summed E-state index contributed by atoms with van der Waals surface area (Å²) in [5.74, 6) is 1.46. The van der Waals surface area contributed by atoms with Crippen LogP contribution in [0.25, 0.3) is 23.2 Å². The van der Waals surface area contributed by atoms with Crippen molar-refractivity contribution in [1.29, 1.82) is 0 Å². The van der Waals surface area contributed by atoms with E-state index in [1.807, 2.05) is 54.6 Å². The third-order valence-corrected chi connectivity index (χ3v) is 4.48. The van der Waals surface area contributed by atoms with Crippen molar-refractivity contribution in [2.45, 2.75) is 6.54 Å². The molecule has 0 aliphatic carbocycles. The quantitative estimate of drug-likeness (QED) is 0.426. The molecule has 4 aromatic rings. The SMILES string of the molecule is COc1ccc(/C=C/c2nc3ccccc3n2Cc2ccc(F)cc2)cc1.Cl. The van der Waals surface area contributed by atoms with Gasteiger partial charge in [0.1, 0.15) is 17.4 Å². The van der Waals surface area contributed by atoms with Gasteiger partial charge in [-0.05, 0) is 53.6 Å². The molecule has 28 heavy (non-hydrogen) atoms. The fourth-order valence-corrected chi connectivity index (χ4v) is 3.05. The molecule has 0 atom stereocenters. The maximum Gasteiger partial charge on any atom is 0.134 e. The highest BCUT2D eigenvalue weighted by Gasteiger charge is 2.09. The highest BCUT2D eigenvalue weighted by Crippen LogP contribution is 2.20. The topological polar surface area (TPSA) is 27.1 Å². The van der Waals surface area contributed by atoms with E-state index in [-0.39, 0.29) is 18.2 Å². The lowest BCUT2D eigenvalue weighted by Crippen LogP contribution is -2.02. The predicted octanol–water partition coefficient (Wildman–Crippen LogP) is 5.82. The summed E-state index contributed by atoms with van der Waals surface area (Å²) in [4.78, 5) is 4.75. The molecule has 3 nitrogen and oxygen atoms in total. The first-order valence-electron chi connectivity index (χ1n) is 8.75. The van der Waals surface area contributed by atoms with E-state index >= 15 is 0 Å². The van der Waals surface area contributed by atoms with E-state index in [1.165, 1.54) is 12.1 Å². The number of aromatic nitrogens is 2. The zero-order chi connectivity index (χ0) is 18.6. The van der Waals surface area contributed by atoms with Crippen molar-refractivity contribution in [1.82, 2.24) is 9.55 Å². The van der Waals surface area contributed by atoms with Crippen molar-refractivity contribution in [3.63, 3.8) is 0 Å². The molecule has 0 amide bonds. The predicted molar refractivity (Wildman–Crippen MR) is 114 cm³/mol. The number of hydrogen-bond acceptors (Lipinski definition) is 2. The van der Waals surface area contributed by atoms with E-state index in [0.29, 0.717) is 6.54 Å². The molecular formula is C23H20ClFN2O. The standard InChI is InChI=1S/C23H19FN2O.ClH/c1-27-20-13-8-17(9-14-20)10-15-23-25-21-4-2-3-5-22(21)26(23)16-18-6-11-19(24)12-7-18;/h2-15H,16H2,1H3;1H/b15-10+;. The fraction of sp³-hybridized carbons (Fsp3) is 0.0870. The zero-order valence-corrected chi connectivity index (χ0v) is 16.2. The summed E-state index contributed by atoms with van der Waals surface area (Å²) in [6.07, 6.45) is 4.03. The maximum absolute atomic E-state index is 13.2. The molecule has 0 radical (unpaired) electrons. The van der Waals surface area contributed by atoms with Gasteiger partial charge in [0.25, 0.3) is 0 Å². The number of halogens is 2. The van der Waals surface area contributed by atoms with Gasteiger partial charge in [-0.2, -0.15) is 0 Å². The Hall–Kier alpha value is -3.11. The second-order valence-corrected chi connectivity index (χ2v) is 6.28. The van der Waals surface area contributed by atoms with Crippen molar-refractivity contribution in [3.05, 3.63) is 95.6 Å². The average molecular weight is 395 g/mol. The molecule has 0 bridgehead atoms. The smallest absolute Gasteiger partial charge is 0.134 e. The molecule has 3 aromatic carbocycles. The van der Waals surface area contributed by atoms with Crippen LogP contribution < -0.4 is 4.74 Å². The van der Waals surface area contributed by atoms with E-state index in [9.17, 15) is 4.39 Å². The Morgan fingerprint density at radius 1 is 0.929 bits per heavy atom. The number of benzene rings is 3. The van der Waals surface area contributed by atoms with Crippen molar-refractivity contribution in [2.24, 2.45) is 0 Å². The lowest BCUT2D eigenvalue weighted by molar-refractivity contribution is 0.415. The molecule has 0 N–H and O–H groups in total. The molecular weight excluding hydrogens is 375 g/mol. The Morgan fingerprint density at radius 2 is 1.64 bits per heavy atom. The minimum Gasteiger partial charge on any atom is -0.497 e. The van der Waals surface area contributed by atoms with Crippen molar-refractivity contribution in [3.8, 4) is 5.75 Å². The van der Waals surface area contributed by atoms with Gasteiger partial charge >= 0.3 is 0 Å². The average Bonchev–Trinajstić information content (AvgIpc) is 3.06. The third kappa shape index (κ3) is 4.24. The third-order valence-electron chi connectivity index (χ3n) is 4.48. The van der Waals surface area contributed by atoms with E-state index < -0.39 is 0 Å². The van der Waals surface area contributed by atoms with Gasteiger partial charge in [-0.3, -0.25) is 0 Å². The van der Waals surface area contributed by atoms with Gasteiger partial charge in [0, 0.05) is 6.54 Å². The normalized spacial score (nSPS) is 10.9. The molecule has 0 aliphatic heterocycles. The second kappa shape index (κ2) is 8.72. The van der Waals surface area contributed by atoms with E-state index in [0.717, 1.165) is 33.7 Å². The molecule has 0 fully saturated rings. The lowest BCUT2D eigenvalue weighted by Gasteiger charge is -2.07. The monoisotopic (exact) mass is 394 g/mol. The Balaban J connectivity index is 0.00000225. The molecule has 1 heterocycles. The van der Waals surface area contributed by atoms with Crippen LogP contribution in [0.2, 0.25) is 0 Å².